The monoisotopic (exact) mass is 275 g/mol. The average Bonchev–Trinajstić information content (AvgIpc) is 3.14. The van der Waals surface area contributed by atoms with E-state index in [-0.39, 0.29) is 18.4 Å². The zero-order valence-corrected chi connectivity index (χ0v) is 11.0. The fourth-order valence-electron chi connectivity index (χ4n) is 1.76. The molecule has 5 heteroatoms. The minimum atomic E-state index is -0.223. The zero-order valence-electron chi connectivity index (χ0n) is 11.0. The van der Waals surface area contributed by atoms with E-state index in [4.69, 9.17) is 8.83 Å². The number of furan rings is 2. The quantitative estimate of drug-likeness (QED) is 0.756. The van der Waals surface area contributed by atoms with Gasteiger partial charge in [0.15, 0.2) is 0 Å². The summed E-state index contributed by atoms with van der Waals surface area (Å²) in [7, 11) is 0. The Labute approximate surface area is 116 Å². The maximum Gasteiger partial charge on any atom is 0.244 e. The third kappa shape index (κ3) is 4.44. The van der Waals surface area contributed by atoms with E-state index < -0.39 is 0 Å². The third-order valence-electron chi connectivity index (χ3n) is 2.84. The van der Waals surface area contributed by atoms with E-state index in [2.05, 4.69) is 5.32 Å². The van der Waals surface area contributed by atoms with Crippen molar-refractivity contribution in [3.63, 3.8) is 0 Å². The summed E-state index contributed by atoms with van der Waals surface area (Å²) in [6.45, 7) is 0.376. The number of hydrogen-bond donors (Lipinski definition) is 2. The summed E-state index contributed by atoms with van der Waals surface area (Å²) in [6.07, 6.45) is 6.72. The van der Waals surface area contributed by atoms with Gasteiger partial charge in [-0.05, 0) is 30.3 Å². The maximum absolute atomic E-state index is 11.6. The molecule has 2 N–H and O–H groups in total. The van der Waals surface area contributed by atoms with Gasteiger partial charge < -0.3 is 19.3 Å². The molecule has 0 aliphatic carbocycles. The van der Waals surface area contributed by atoms with Gasteiger partial charge in [-0.25, -0.2) is 0 Å². The van der Waals surface area contributed by atoms with Gasteiger partial charge in [0.1, 0.15) is 11.5 Å². The van der Waals surface area contributed by atoms with Crippen LogP contribution in [-0.4, -0.2) is 24.2 Å². The van der Waals surface area contributed by atoms with E-state index in [0.29, 0.717) is 18.7 Å². The van der Waals surface area contributed by atoms with Crippen molar-refractivity contribution < 1.29 is 18.7 Å². The molecule has 1 amide bonds. The number of aliphatic hydroxyl groups is 1. The Kier molecular flexibility index (Phi) is 5.20. The fourth-order valence-corrected chi connectivity index (χ4v) is 1.76. The number of carbonyl (C=O) groups excluding carboxylic acids is 1. The van der Waals surface area contributed by atoms with Crippen molar-refractivity contribution in [3.05, 3.63) is 54.4 Å². The normalized spacial score (nSPS) is 12.7. The second kappa shape index (κ2) is 7.35. The van der Waals surface area contributed by atoms with Crippen LogP contribution in [0.4, 0.5) is 0 Å². The highest BCUT2D eigenvalue weighted by Crippen LogP contribution is 2.08. The molecule has 20 heavy (non-hydrogen) atoms. The summed E-state index contributed by atoms with van der Waals surface area (Å²) >= 11 is 0. The smallest absolute Gasteiger partial charge is 0.244 e. The highest BCUT2D eigenvalue weighted by Gasteiger charge is 2.11. The Bertz CT molecular complexity index is 528. The Morgan fingerprint density at radius 3 is 2.75 bits per heavy atom. The minimum absolute atomic E-state index is 0.0110. The molecule has 0 radical (unpaired) electrons. The first kappa shape index (κ1) is 14.1. The lowest BCUT2D eigenvalue weighted by Crippen LogP contribution is -2.30. The molecule has 2 heterocycles. The largest absolute Gasteiger partial charge is 0.469 e. The summed E-state index contributed by atoms with van der Waals surface area (Å²) in [5, 5.41) is 12.0. The average molecular weight is 275 g/mol. The van der Waals surface area contributed by atoms with Crippen LogP contribution in [0.5, 0.6) is 0 Å². The lowest BCUT2D eigenvalue weighted by Gasteiger charge is -2.12. The van der Waals surface area contributed by atoms with E-state index in [1.165, 1.54) is 6.08 Å². The predicted octanol–water partition coefficient (Wildman–Crippen LogP) is 1.85. The van der Waals surface area contributed by atoms with Crippen LogP contribution < -0.4 is 5.32 Å². The molecule has 2 aromatic rings. The van der Waals surface area contributed by atoms with Crippen molar-refractivity contribution in [2.75, 3.05) is 13.2 Å². The lowest BCUT2D eigenvalue weighted by atomic mass is 10.1. The standard InChI is InChI=1S/C15H17NO4/c17-11-12(9-14-4-2-8-20-14)10-16-15(18)6-5-13-3-1-7-19-13/h1-8,12,17H,9-11H2,(H,16,18)/b6-5+. The van der Waals surface area contributed by atoms with Crippen LogP contribution in [0.2, 0.25) is 0 Å². The molecule has 1 unspecified atom stereocenters. The highest BCUT2D eigenvalue weighted by molar-refractivity contribution is 5.91. The van der Waals surface area contributed by atoms with Crippen molar-refractivity contribution in [2.45, 2.75) is 6.42 Å². The van der Waals surface area contributed by atoms with Gasteiger partial charge in [-0.1, -0.05) is 0 Å². The Morgan fingerprint density at radius 2 is 2.10 bits per heavy atom. The molecule has 0 saturated heterocycles. The first-order valence-corrected chi connectivity index (χ1v) is 6.40. The first-order valence-electron chi connectivity index (χ1n) is 6.40. The summed E-state index contributed by atoms with van der Waals surface area (Å²) in [6, 6.07) is 7.16. The van der Waals surface area contributed by atoms with E-state index >= 15 is 0 Å². The molecule has 0 spiro atoms. The van der Waals surface area contributed by atoms with Crippen molar-refractivity contribution in [3.8, 4) is 0 Å². The van der Waals surface area contributed by atoms with Crippen molar-refractivity contribution in [1.82, 2.24) is 5.32 Å². The van der Waals surface area contributed by atoms with Gasteiger partial charge in [0.05, 0.1) is 12.5 Å². The van der Waals surface area contributed by atoms with Gasteiger partial charge in [0.2, 0.25) is 5.91 Å². The van der Waals surface area contributed by atoms with Crippen LogP contribution in [0, 0.1) is 5.92 Å². The molecule has 0 aliphatic heterocycles. The van der Waals surface area contributed by atoms with Crippen LogP contribution in [-0.2, 0) is 11.2 Å². The van der Waals surface area contributed by atoms with E-state index in [0.717, 1.165) is 5.76 Å². The molecule has 0 aliphatic rings. The van der Waals surface area contributed by atoms with Gasteiger partial charge in [-0.3, -0.25) is 4.79 Å². The van der Waals surface area contributed by atoms with Gasteiger partial charge in [0, 0.05) is 31.6 Å². The van der Waals surface area contributed by atoms with E-state index in [9.17, 15) is 9.90 Å². The molecular weight excluding hydrogens is 258 g/mol. The number of amides is 1. The molecule has 0 fully saturated rings. The Balaban J connectivity index is 1.76. The Hall–Kier alpha value is -2.27. The number of nitrogens with one attached hydrogen (secondary N) is 1. The van der Waals surface area contributed by atoms with E-state index in [1.807, 2.05) is 6.07 Å². The predicted molar refractivity (Wildman–Crippen MR) is 73.7 cm³/mol. The summed E-state index contributed by atoms with van der Waals surface area (Å²) < 4.78 is 10.3. The summed E-state index contributed by atoms with van der Waals surface area (Å²) in [5.74, 6) is 1.13. The first-order chi connectivity index (χ1) is 9.78. The van der Waals surface area contributed by atoms with Crippen molar-refractivity contribution in [1.29, 1.82) is 0 Å². The summed E-state index contributed by atoms with van der Waals surface area (Å²) in [4.78, 5) is 11.6. The van der Waals surface area contributed by atoms with Crippen LogP contribution in [0.1, 0.15) is 11.5 Å². The van der Waals surface area contributed by atoms with Gasteiger partial charge in [-0.15, -0.1) is 0 Å². The topological polar surface area (TPSA) is 75.6 Å². The van der Waals surface area contributed by atoms with Crippen LogP contribution >= 0.6 is 0 Å². The zero-order chi connectivity index (χ0) is 14.2. The molecule has 0 saturated carbocycles. The van der Waals surface area contributed by atoms with Crippen molar-refractivity contribution >= 4 is 12.0 Å². The molecule has 0 bridgehead atoms. The van der Waals surface area contributed by atoms with Gasteiger partial charge in [0.25, 0.3) is 0 Å². The summed E-state index contributed by atoms with van der Waals surface area (Å²) in [5.41, 5.74) is 0. The minimum Gasteiger partial charge on any atom is -0.469 e. The third-order valence-corrected chi connectivity index (χ3v) is 2.84. The highest BCUT2D eigenvalue weighted by atomic mass is 16.3. The maximum atomic E-state index is 11.6. The number of hydrogen-bond acceptors (Lipinski definition) is 4. The molecule has 1 atom stereocenters. The molecule has 5 nitrogen and oxygen atoms in total. The molecule has 106 valence electrons. The molecule has 2 aromatic heterocycles. The second-order valence-corrected chi connectivity index (χ2v) is 4.43. The van der Waals surface area contributed by atoms with Crippen LogP contribution in [0.25, 0.3) is 6.08 Å². The number of carbonyl (C=O) groups is 1. The molecular formula is C15H17NO4. The van der Waals surface area contributed by atoms with Crippen molar-refractivity contribution in [2.24, 2.45) is 5.92 Å². The van der Waals surface area contributed by atoms with Crippen LogP contribution in [0.3, 0.4) is 0 Å². The second-order valence-electron chi connectivity index (χ2n) is 4.43. The number of aliphatic hydroxyl groups excluding tert-OH is 1. The van der Waals surface area contributed by atoms with Crippen LogP contribution in [0.15, 0.2) is 51.7 Å². The molecule has 2 rings (SSSR count). The number of rotatable bonds is 7. The van der Waals surface area contributed by atoms with E-state index in [1.54, 1.807) is 36.8 Å². The fraction of sp³-hybridized carbons (Fsp3) is 0.267. The molecule has 0 aromatic carbocycles. The SMILES string of the molecule is O=C(/C=C/c1ccco1)NCC(CO)Cc1ccco1. The van der Waals surface area contributed by atoms with Gasteiger partial charge >= 0.3 is 0 Å². The Morgan fingerprint density at radius 1 is 1.30 bits per heavy atom. The lowest BCUT2D eigenvalue weighted by molar-refractivity contribution is -0.116. The van der Waals surface area contributed by atoms with Gasteiger partial charge in [-0.2, -0.15) is 0 Å².